The van der Waals surface area contributed by atoms with Crippen molar-refractivity contribution in [3.05, 3.63) is 77.8 Å². The molecule has 0 saturated carbocycles. The summed E-state index contributed by atoms with van der Waals surface area (Å²) in [5.74, 6) is 0.543. The monoisotopic (exact) mass is 694 g/mol. The van der Waals surface area contributed by atoms with Crippen LogP contribution in [0.5, 0.6) is 0 Å². The molecule has 0 spiro atoms. The van der Waals surface area contributed by atoms with Crippen LogP contribution in [0.25, 0.3) is 21.9 Å². The molecule has 1 atom stereocenters. The minimum Gasteiger partial charge on any atom is -0.378 e. The van der Waals surface area contributed by atoms with Crippen LogP contribution in [0, 0.1) is 5.82 Å². The summed E-state index contributed by atoms with van der Waals surface area (Å²) in [5, 5.41) is 6.65. The quantitative estimate of drug-likeness (QED) is 0.174. The number of halogens is 2. The number of rotatable bonds is 6. The lowest BCUT2D eigenvalue weighted by Crippen LogP contribution is -2.50. The van der Waals surface area contributed by atoms with Crippen LogP contribution in [-0.4, -0.2) is 81.7 Å². The predicted octanol–water partition coefficient (Wildman–Crippen LogP) is 6.42. The van der Waals surface area contributed by atoms with Crippen molar-refractivity contribution >= 4 is 84.7 Å². The number of H-pyrrole nitrogens is 1. The highest BCUT2D eigenvalue weighted by Crippen LogP contribution is 2.38. The maximum Gasteiger partial charge on any atom is 0.173 e. The van der Waals surface area contributed by atoms with Gasteiger partial charge >= 0.3 is 0 Å². The molecule has 5 aromatic rings. The molecule has 246 valence electrons. The van der Waals surface area contributed by atoms with Crippen molar-refractivity contribution in [3.8, 4) is 0 Å². The fraction of sp³-hybridized carbons (Fsp3) is 0.303. The van der Waals surface area contributed by atoms with E-state index in [1.807, 2.05) is 32.0 Å². The number of nitrogens with zero attached hydrogens (tertiary/aromatic N) is 5. The number of thiocarbonyl (C=S) groups is 1. The topological polar surface area (TPSA) is 102 Å². The normalized spacial score (nSPS) is 15.7. The molecule has 0 radical (unpaired) electrons. The standard InChI is InChI=1S/C31H30ClFN8O2S2.C2H6/c32-25-18-26-24(17-27(25)39-13-15-43-16-14-39)28-29(37-26)34-19-35-30(28)40-9-11-41(12-10-40)31(44)36-21-5-7-23(8-6-21)45(42)38-22-3-1-20(33)2-4-22;1-2/h1-8,17-19,38H,9-16H2,(H,36,44)(H,34,35,37);1-2H3. The molecule has 2 aliphatic rings. The smallest absolute Gasteiger partial charge is 0.173 e. The summed E-state index contributed by atoms with van der Waals surface area (Å²) in [6.07, 6.45) is 1.60. The Morgan fingerprint density at radius 2 is 1.62 bits per heavy atom. The zero-order valence-electron chi connectivity index (χ0n) is 26.1. The molecule has 3 aromatic carbocycles. The van der Waals surface area contributed by atoms with Crippen molar-refractivity contribution in [2.75, 3.05) is 72.3 Å². The van der Waals surface area contributed by atoms with E-state index in [9.17, 15) is 8.60 Å². The lowest BCUT2D eigenvalue weighted by molar-refractivity contribution is 0.122. The molecule has 7 rings (SSSR count). The second-order valence-corrected chi connectivity index (χ2v) is 12.8. The lowest BCUT2D eigenvalue weighted by Gasteiger charge is -2.37. The fourth-order valence-electron chi connectivity index (χ4n) is 5.67. The third kappa shape index (κ3) is 7.28. The van der Waals surface area contributed by atoms with Crippen molar-refractivity contribution in [1.82, 2.24) is 19.9 Å². The molecule has 10 nitrogen and oxygen atoms in total. The number of hydrogen-bond acceptors (Lipinski definition) is 7. The number of ether oxygens (including phenoxy) is 1. The summed E-state index contributed by atoms with van der Waals surface area (Å²) in [6, 6.07) is 17.1. The molecule has 0 amide bonds. The van der Waals surface area contributed by atoms with E-state index in [1.165, 1.54) is 12.1 Å². The molecule has 2 saturated heterocycles. The van der Waals surface area contributed by atoms with E-state index in [0.29, 0.717) is 47.0 Å². The summed E-state index contributed by atoms with van der Waals surface area (Å²) < 4.78 is 34.3. The molecule has 14 heteroatoms. The molecular formula is C33H36ClFN8O2S2. The molecule has 2 fully saturated rings. The Morgan fingerprint density at radius 1 is 0.936 bits per heavy atom. The van der Waals surface area contributed by atoms with E-state index in [4.69, 9.17) is 33.5 Å². The summed E-state index contributed by atoms with van der Waals surface area (Å²) >= 11 is 12.5. The molecule has 4 heterocycles. The summed E-state index contributed by atoms with van der Waals surface area (Å²) in [4.78, 5) is 19.9. The van der Waals surface area contributed by atoms with Gasteiger partial charge < -0.3 is 34.5 Å². The van der Waals surface area contributed by atoms with Crippen molar-refractivity contribution in [2.24, 2.45) is 0 Å². The Labute approximate surface area is 285 Å². The zero-order chi connectivity index (χ0) is 32.9. The van der Waals surface area contributed by atoms with Crippen LogP contribution < -0.4 is 19.8 Å². The van der Waals surface area contributed by atoms with Gasteiger partial charge in [-0.05, 0) is 72.9 Å². The highest BCUT2D eigenvalue weighted by atomic mass is 35.5. The first kappa shape index (κ1) is 32.9. The van der Waals surface area contributed by atoms with Gasteiger partial charge in [0.15, 0.2) is 5.11 Å². The van der Waals surface area contributed by atoms with Crippen molar-refractivity contribution in [2.45, 2.75) is 18.7 Å². The maximum atomic E-state index is 13.2. The Hall–Kier alpha value is -4.04. The first-order valence-electron chi connectivity index (χ1n) is 15.6. The van der Waals surface area contributed by atoms with E-state index in [-0.39, 0.29) is 5.82 Å². The summed E-state index contributed by atoms with van der Waals surface area (Å²) in [6.45, 7) is 9.86. The van der Waals surface area contributed by atoms with E-state index in [2.05, 4.69) is 40.8 Å². The van der Waals surface area contributed by atoms with E-state index >= 15 is 0 Å². The predicted molar refractivity (Wildman–Crippen MR) is 194 cm³/mol. The van der Waals surface area contributed by atoms with Gasteiger partial charge in [0.1, 0.15) is 34.6 Å². The van der Waals surface area contributed by atoms with Crippen LogP contribution >= 0.6 is 23.8 Å². The van der Waals surface area contributed by atoms with E-state index < -0.39 is 11.0 Å². The number of morpholine rings is 1. The summed E-state index contributed by atoms with van der Waals surface area (Å²) in [7, 11) is -1.48. The van der Waals surface area contributed by atoms with Gasteiger partial charge in [-0.25, -0.2) is 18.6 Å². The largest absolute Gasteiger partial charge is 0.378 e. The second-order valence-electron chi connectivity index (χ2n) is 10.8. The number of nitrogens with one attached hydrogen (secondary N) is 3. The third-order valence-corrected chi connectivity index (χ3v) is 9.81. The van der Waals surface area contributed by atoms with E-state index in [1.54, 1.807) is 30.6 Å². The number of hydrogen-bond donors (Lipinski definition) is 3. The minimum atomic E-state index is -1.48. The van der Waals surface area contributed by atoms with E-state index in [0.717, 1.165) is 65.3 Å². The van der Waals surface area contributed by atoms with Crippen LogP contribution in [0.15, 0.2) is 71.9 Å². The second kappa shape index (κ2) is 14.8. The lowest BCUT2D eigenvalue weighted by atomic mass is 10.1. The van der Waals surface area contributed by atoms with Crippen molar-refractivity contribution < 1.29 is 13.3 Å². The Morgan fingerprint density at radius 3 is 2.32 bits per heavy atom. The van der Waals surface area contributed by atoms with Gasteiger partial charge in [-0.1, -0.05) is 25.4 Å². The van der Waals surface area contributed by atoms with Gasteiger partial charge in [0.05, 0.1) is 34.2 Å². The van der Waals surface area contributed by atoms with Crippen LogP contribution in [0.4, 0.5) is 27.3 Å². The number of fused-ring (bicyclic) bond motifs is 3. The minimum absolute atomic E-state index is 0.344. The number of anilines is 4. The van der Waals surface area contributed by atoms with Crippen LogP contribution in [0.3, 0.4) is 0 Å². The molecule has 47 heavy (non-hydrogen) atoms. The Kier molecular flexibility index (Phi) is 10.4. The van der Waals surface area contributed by atoms with Gasteiger partial charge in [0.25, 0.3) is 0 Å². The molecule has 0 bridgehead atoms. The van der Waals surface area contributed by atoms with Crippen LogP contribution in [-0.2, 0) is 15.7 Å². The fourth-order valence-corrected chi connectivity index (χ4v) is 7.11. The molecule has 1 unspecified atom stereocenters. The Balaban J connectivity index is 0.00000190. The molecule has 3 N–H and O–H groups in total. The maximum absolute atomic E-state index is 13.2. The first-order chi connectivity index (χ1) is 22.9. The van der Waals surface area contributed by atoms with Gasteiger partial charge in [0, 0.05) is 61.5 Å². The first-order valence-corrected chi connectivity index (χ1v) is 17.5. The van der Waals surface area contributed by atoms with Crippen molar-refractivity contribution in [1.29, 1.82) is 0 Å². The molecular weight excluding hydrogens is 659 g/mol. The zero-order valence-corrected chi connectivity index (χ0v) is 28.5. The summed E-state index contributed by atoms with van der Waals surface area (Å²) in [5.41, 5.74) is 4.08. The van der Waals surface area contributed by atoms with Crippen molar-refractivity contribution in [3.63, 3.8) is 0 Å². The molecule has 2 aliphatic heterocycles. The highest BCUT2D eigenvalue weighted by molar-refractivity contribution is 7.86. The average molecular weight is 695 g/mol. The number of aromatic amines is 1. The van der Waals surface area contributed by atoms with Crippen LogP contribution in [0.2, 0.25) is 5.02 Å². The molecule has 2 aromatic heterocycles. The van der Waals surface area contributed by atoms with Crippen LogP contribution in [0.1, 0.15) is 13.8 Å². The SMILES string of the molecule is CC.O=S(Nc1ccc(F)cc1)c1ccc(NC(=S)N2CCN(c3ncnc4[nH]c5cc(Cl)c(N6CCOCC6)cc5c34)CC2)cc1. The van der Waals surface area contributed by atoms with Gasteiger partial charge in [0.2, 0.25) is 0 Å². The Bertz CT molecular complexity index is 1880. The number of aromatic nitrogens is 3. The van der Waals surface area contributed by atoms with Gasteiger partial charge in [-0.3, -0.25) is 0 Å². The number of benzene rings is 3. The average Bonchev–Trinajstić information content (AvgIpc) is 3.48. The number of piperazine rings is 1. The van der Waals surface area contributed by atoms with Gasteiger partial charge in [-0.2, -0.15) is 0 Å². The third-order valence-electron chi connectivity index (χ3n) is 8.03. The molecule has 0 aliphatic carbocycles. The highest BCUT2D eigenvalue weighted by Gasteiger charge is 2.24. The van der Waals surface area contributed by atoms with Gasteiger partial charge in [-0.15, -0.1) is 0 Å².